The quantitative estimate of drug-likeness (QED) is 0.00942. The molecular formula is C55H58ClN9O8S3. The number of hydrogen-bond acceptors (Lipinski definition) is 17. The monoisotopic (exact) mass is 1100 g/mol. The number of rotatable bonds is 20. The van der Waals surface area contributed by atoms with Gasteiger partial charge in [0.1, 0.15) is 46.3 Å². The number of thiazole rings is 1. The van der Waals surface area contributed by atoms with Crippen LogP contribution < -0.4 is 43.8 Å². The zero-order chi connectivity index (χ0) is 53.5. The molecule has 0 spiro atoms. The second-order valence-corrected chi connectivity index (χ2v) is 21.8. The number of carbonyl (C=O) groups is 4. The number of nitrogens with two attached hydrogens (primary N) is 2. The van der Waals surface area contributed by atoms with Crippen LogP contribution in [0.3, 0.4) is 0 Å². The SMILES string of the molecule is C=CC[n+]1c(N)cc(N)nc1SCC1=C(C(=O)OCc2ccc(OC)cc2)N2C(=O)C(NC(=O)/C(=N\OC(C)(C)C(=O)OC(C)(C)C)c3csc(NC(c4ccccc4)(c4ccccc4)c4ccccc4)n3)C2SC1.[Cl-]. The summed E-state index contributed by atoms with van der Waals surface area (Å²) in [6.07, 6.45) is 1.68. The number of ether oxygens (including phenoxy) is 3. The van der Waals surface area contributed by atoms with E-state index in [9.17, 15) is 19.2 Å². The Balaban J connectivity index is 0.00000840. The van der Waals surface area contributed by atoms with Gasteiger partial charge in [-0.15, -0.1) is 23.1 Å². The molecule has 0 bridgehead atoms. The molecule has 2 amide bonds. The Morgan fingerprint density at radius 3 is 2.08 bits per heavy atom. The van der Waals surface area contributed by atoms with Gasteiger partial charge in [0.05, 0.1) is 19.7 Å². The lowest BCUT2D eigenvalue weighted by Crippen LogP contribution is -3.00. The minimum Gasteiger partial charge on any atom is -1.00 e. The molecule has 4 heterocycles. The number of esters is 2. The van der Waals surface area contributed by atoms with Crippen LogP contribution in [0, 0.1) is 0 Å². The van der Waals surface area contributed by atoms with Crippen LogP contribution in [-0.2, 0) is 52.2 Å². The average molecular weight is 1100 g/mol. The predicted molar refractivity (Wildman–Crippen MR) is 292 cm³/mol. The highest BCUT2D eigenvalue weighted by Gasteiger charge is 2.55. The Bertz CT molecular complexity index is 3040. The summed E-state index contributed by atoms with van der Waals surface area (Å²) < 4.78 is 18.5. The highest BCUT2D eigenvalue weighted by atomic mass is 35.5. The number of amides is 2. The van der Waals surface area contributed by atoms with Gasteiger partial charge < -0.3 is 53.6 Å². The Morgan fingerprint density at radius 1 is 0.908 bits per heavy atom. The van der Waals surface area contributed by atoms with E-state index in [4.69, 9.17) is 35.5 Å². The smallest absolute Gasteiger partial charge is 0.355 e. The Hall–Kier alpha value is -7.39. The predicted octanol–water partition coefficient (Wildman–Crippen LogP) is 4.62. The van der Waals surface area contributed by atoms with Gasteiger partial charge in [-0.3, -0.25) is 14.5 Å². The summed E-state index contributed by atoms with van der Waals surface area (Å²) in [5.41, 5.74) is 12.8. The van der Waals surface area contributed by atoms with Crippen molar-refractivity contribution in [1.82, 2.24) is 20.2 Å². The fourth-order valence-corrected chi connectivity index (χ4v) is 11.5. The molecule has 21 heteroatoms. The number of aromatic nitrogens is 3. The van der Waals surface area contributed by atoms with Crippen molar-refractivity contribution in [3.8, 4) is 5.75 Å². The summed E-state index contributed by atoms with van der Waals surface area (Å²) in [4.78, 5) is 73.7. The first kappa shape index (κ1) is 56.3. The molecule has 17 nitrogen and oxygen atoms in total. The maximum atomic E-state index is 14.8. The van der Waals surface area contributed by atoms with Gasteiger partial charge in [0.2, 0.25) is 17.2 Å². The third-order valence-corrected chi connectivity index (χ3v) is 15.1. The molecule has 6 aromatic rings. The van der Waals surface area contributed by atoms with Crippen molar-refractivity contribution >= 4 is 81.1 Å². The largest absolute Gasteiger partial charge is 1.00 e. The van der Waals surface area contributed by atoms with Crippen LogP contribution in [0.15, 0.2) is 161 Å². The number of nitrogens with zero attached hydrogens (tertiary/aromatic N) is 5. The lowest BCUT2D eigenvalue weighted by molar-refractivity contribution is -0.713. The molecule has 2 atom stereocenters. The van der Waals surface area contributed by atoms with Crippen LogP contribution in [0.5, 0.6) is 5.75 Å². The zero-order valence-corrected chi connectivity index (χ0v) is 45.9. The lowest BCUT2D eigenvalue weighted by Gasteiger charge is -2.49. The van der Waals surface area contributed by atoms with Crippen molar-refractivity contribution in [3.63, 3.8) is 0 Å². The summed E-state index contributed by atoms with van der Waals surface area (Å²) in [6.45, 7) is 12.2. The number of fused-ring (bicyclic) bond motifs is 1. The number of carbonyl (C=O) groups excluding carboxylic acids is 4. The summed E-state index contributed by atoms with van der Waals surface area (Å²) >= 11 is 3.87. The van der Waals surface area contributed by atoms with Crippen LogP contribution >= 0.6 is 34.9 Å². The van der Waals surface area contributed by atoms with E-state index in [-0.39, 0.29) is 53.4 Å². The highest BCUT2D eigenvalue weighted by molar-refractivity contribution is 8.01. The minimum absolute atomic E-state index is 0. The molecule has 0 aliphatic carbocycles. The summed E-state index contributed by atoms with van der Waals surface area (Å²) in [5, 5.41) is 12.7. The molecule has 0 saturated carbocycles. The molecule has 2 unspecified atom stereocenters. The third kappa shape index (κ3) is 12.5. The van der Waals surface area contributed by atoms with Crippen LogP contribution in [0.2, 0.25) is 0 Å². The number of hydrogen-bond donors (Lipinski definition) is 4. The Morgan fingerprint density at radius 2 is 1.51 bits per heavy atom. The number of anilines is 3. The zero-order valence-electron chi connectivity index (χ0n) is 42.7. The van der Waals surface area contributed by atoms with Crippen molar-refractivity contribution in [3.05, 3.63) is 179 Å². The van der Waals surface area contributed by atoms with E-state index in [1.807, 2.05) is 91.0 Å². The van der Waals surface area contributed by atoms with E-state index >= 15 is 0 Å². The summed E-state index contributed by atoms with van der Waals surface area (Å²) in [6, 6.07) is 37.3. The normalized spacial score (nSPS) is 15.6. The van der Waals surface area contributed by atoms with Crippen LogP contribution in [0.25, 0.3) is 0 Å². The second-order valence-electron chi connectivity index (χ2n) is 18.9. The van der Waals surface area contributed by atoms with Crippen LogP contribution in [0.4, 0.5) is 16.8 Å². The van der Waals surface area contributed by atoms with E-state index < -0.39 is 51.9 Å². The number of nitrogens with one attached hydrogen (secondary N) is 2. The molecule has 2 aromatic heterocycles. The van der Waals surface area contributed by atoms with E-state index in [0.29, 0.717) is 39.5 Å². The number of nitrogen functional groups attached to an aromatic ring is 2. The number of halogens is 1. The average Bonchev–Trinajstić information content (AvgIpc) is 3.91. The van der Waals surface area contributed by atoms with E-state index in [0.717, 1.165) is 16.7 Å². The number of β-lactam (4-membered cyclic amide) rings is 1. The number of allylic oxidation sites excluding steroid dienone is 1. The molecule has 76 heavy (non-hydrogen) atoms. The molecule has 0 radical (unpaired) electrons. The van der Waals surface area contributed by atoms with Crippen molar-refractivity contribution in [1.29, 1.82) is 0 Å². The first-order valence-electron chi connectivity index (χ1n) is 23.8. The van der Waals surface area contributed by atoms with E-state index in [1.54, 1.807) is 74.2 Å². The van der Waals surface area contributed by atoms with Crippen molar-refractivity contribution < 1.29 is 55.2 Å². The van der Waals surface area contributed by atoms with Crippen molar-refractivity contribution in [2.24, 2.45) is 5.16 Å². The van der Waals surface area contributed by atoms with Gasteiger partial charge >= 0.3 is 17.1 Å². The lowest BCUT2D eigenvalue weighted by atomic mass is 9.77. The second kappa shape index (κ2) is 24.1. The third-order valence-electron chi connectivity index (χ3n) is 11.9. The fraction of sp³-hybridized carbons (Fsp3) is 0.273. The van der Waals surface area contributed by atoms with Gasteiger partial charge in [-0.1, -0.05) is 126 Å². The first-order valence-corrected chi connectivity index (χ1v) is 26.7. The topological polar surface area (TPSA) is 227 Å². The van der Waals surface area contributed by atoms with Crippen molar-refractivity contribution in [2.75, 3.05) is 35.4 Å². The standard InChI is InChI=1S/C55H57N9O8S3.ClH/c1-8-28-63-42(57)29-41(56)59-52(63)75-32-35-31-73-48-44(47(66)64(48)45(35)49(67)70-30-34-24-26-39(69-7)27-25-34)60-46(65)43(62-72-54(5,6)50(68)71-53(2,3)4)40-33-74-51(58-40)61-55(36-18-12-9-13-19-36,37-20-14-10-15-21-37)38-22-16-11-17-23-38;/h8-27,29,33,44,48H,1,28,30-32H2,2-7H3,(H5,56,57,58,60,61,65);1H/b62-43-;. The number of benzene rings is 4. The van der Waals surface area contributed by atoms with Gasteiger partial charge in [0.25, 0.3) is 11.8 Å². The molecular weight excluding hydrogens is 1050 g/mol. The summed E-state index contributed by atoms with van der Waals surface area (Å²) in [5.74, 6) is -1.13. The van der Waals surface area contributed by atoms with Gasteiger partial charge in [0.15, 0.2) is 10.8 Å². The molecule has 4 aromatic carbocycles. The van der Waals surface area contributed by atoms with Crippen molar-refractivity contribution in [2.45, 2.75) is 81.1 Å². The number of oxime groups is 1. The van der Waals surface area contributed by atoms with E-state index in [2.05, 4.69) is 27.4 Å². The fourth-order valence-electron chi connectivity index (χ4n) is 8.23. The Kier molecular flexibility index (Phi) is 17.9. The molecule has 2 aliphatic rings. The maximum absolute atomic E-state index is 14.8. The van der Waals surface area contributed by atoms with Crippen LogP contribution in [-0.4, -0.2) is 85.6 Å². The van der Waals surface area contributed by atoms with Gasteiger partial charge in [-0.25, -0.2) is 19.1 Å². The molecule has 1 saturated heterocycles. The molecule has 396 valence electrons. The molecule has 6 N–H and O–H groups in total. The van der Waals surface area contributed by atoms with Crippen LogP contribution in [0.1, 0.15) is 62.6 Å². The highest BCUT2D eigenvalue weighted by Crippen LogP contribution is 2.43. The molecule has 1 fully saturated rings. The van der Waals surface area contributed by atoms with Gasteiger partial charge in [-0.05, 0) is 86.3 Å². The minimum atomic E-state index is -1.67. The van der Waals surface area contributed by atoms with E-state index in [1.165, 1.54) is 53.6 Å². The van der Waals surface area contributed by atoms with Gasteiger partial charge in [0, 0.05) is 16.9 Å². The Labute approximate surface area is 459 Å². The summed E-state index contributed by atoms with van der Waals surface area (Å²) in [7, 11) is 1.56. The first-order chi connectivity index (χ1) is 35.9. The number of methoxy groups -OCH3 is 1. The maximum Gasteiger partial charge on any atom is 0.355 e. The number of thioether (sulfide) groups is 2. The molecule has 8 rings (SSSR count). The molecule has 2 aliphatic heterocycles. The van der Waals surface area contributed by atoms with Gasteiger partial charge in [-0.2, -0.15) is 0 Å².